The third kappa shape index (κ3) is 8.09. The topological polar surface area (TPSA) is 111 Å². The summed E-state index contributed by atoms with van der Waals surface area (Å²) in [5.74, 6) is -1.01. The molecular formula is C35H46ClF3N4O5. The number of halogens is 4. The molecule has 0 unspecified atom stereocenters. The number of benzene rings is 2. The predicted octanol–water partition coefficient (Wildman–Crippen LogP) is 5.68. The molecule has 0 radical (unpaired) electrons. The molecule has 3 fully saturated rings. The Labute approximate surface area is 286 Å². The van der Waals surface area contributed by atoms with Gasteiger partial charge in [0, 0.05) is 38.8 Å². The molecule has 1 saturated carbocycles. The van der Waals surface area contributed by atoms with Crippen molar-refractivity contribution < 1.29 is 37.4 Å². The van der Waals surface area contributed by atoms with Crippen LogP contribution in [-0.4, -0.2) is 77.0 Å². The Balaban J connectivity index is 0.00000520. The van der Waals surface area contributed by atoms with Gasteiger partial charge in [-0.3, -0.25) is 19.3 Å². The summed E-state index contributed by atoms with van der Waals surface area (Å²) in [5.41, 5.74) is -1.16. The lowest BCUT2D eigenvalue weighted by atomic mass is 9.78. The standard InChI is InChI=1S/C35H45F3N4O5.ClH/c1-3-4-18-42-32(45)29(30(43)24-8-6-5-7-9-24)40-33(46)34(42)16-19-41(20-17-34)22-23-10-15-28(27(21-23)35(36,37)38)47-26-13-11-25(12-14-26)31(44)39-2;/h10-15,21,24,29-30,43H,3-9,16-20,22H2,1-2H3,(H,39,44)(H,40,46);1H/t29-,30-;/m1./s1. The first kappa shape index (κ1) is 37.5. The van der Waals surface area contributed by atoms with Crippen LogP contribution in [0.3, 0.4) is 0 Å². The van der Waals surface area contributed by atoms with Crippen LogP contribution in [-0.2, 0) is 22.3 Å². The number of carbonyl (C=O) groups is 3. The average molecular weight is 695 g/mol. The SMILES string of the molecule is CCCCN1C(=O)[C@@H]([C@H](O)C2CCCCC2)NC(=O)C12CCN(Cc1ccc(Oc3ccc(C(=O)NC)cc3)c(C(F)(F)F)c1)CC2.Cl. The maximum absolute atomic E-state index is 14.1. The Morgan fingerprint density at radius 3 is 2.35 bits per heavy atom. The molecular weight excluding hydrogens is 649 g/mol. The van der Waals surface area contributed by atoms with Crippen LogP contribution in [0.2, 0.25) is 0 Å². The van der Waals surface area contributed by atoms with Crippen LogP contribution >= 0.6 is 12.4 Å². The van der Waals surface area contributed by atoms with Crippen LogP contribution in [0.5, 0.6) is 11.5 Å². The van der Waals surface area contributed by atoms with Gasteiger partial charge in [-0.15, -0.1) is 12.4 Å². The average Bonchev–Trinajstić information content (AvgIpc) is 3.07. The molecule has 2 heterocycles. The molecule has 2 atom stereocenters. The molecule has 2 aromatic carbocycles. The van der Waals surface area contributed by atoms with Crippen molar-refractivity contribution in [2.75, 3.05) is 26.7 Å². The molecule has 2 saturated heterocycles. The van der Waals surface area contributed by atoms with Gasteiger partial charge in [0.1, 0.15) is 23.1 Å². The number of piperazine rings is 1. The smallest absolute Gasteiger partial charge is 0.419 e. The summed E-state index contributed by atoms with van der Waals surface area (Å²) in [6.45, 7) is 3.50. The molecule has 13 heteroatoms. The van der Waals surface area contributed by atoms with Crippen LogP contribution in [0.1, 0.15) is 86.2 Å². The first-order valence-corrected chi connectivity index (χ1v) is 16.7. The highest BCUT2D eigenvalue weighted by atomic mass is 35.5. The summed E-state index contributed by atoms with van der Waals surface area (Å²) >= 11 is 0. The number of alkyl halides is 3. The Morgan fingerprint density at radius 1 is 1.08 bits per heavy atom. The zero-order chi connectivity index (χ0) is 33.8. The molecule has 9 nitrogen and oxygen atoms in total. The first-order chi connectivity index (χ1) is 22.5. The van der Waals surface area contributed by atoms with E-state index in [1.54, 1.807) is 11.0 Å². The van der Waals surface area contributed by atoms with E-state index in [1.807, 2.05) is 11.8 Å². The molecule has 264 valence electrons. The fraction of sp³-hybridized carbons (Fsp3) is 0.571. The highest BCUT2D eigenvalue weighted by Gasteiger charge is 2.55. The van der Waals surface area contributed by atoms with Crippen LogP contribution in [0.15, 0.2) is 42.5 Å². The van der Waals surface area contributed by atoms with E-state index in [2.05, 4.69) is 10.6 Å². The van der Waals surface area contributed by atoms with Gasteiger partial charge in [0.15, 0.2) is 0 Å². The van der Waals surface area contributed by atoms with Crippen LogP contribution in [0.25, 0.3) is 0 Å². The Morgan fingerprint density at radius 2 is 1.75 bits per heavy atom. The van der Waals surface area contributed by atoms with Gasteiger partial charge in [0.05, 0.1) is 11.7 Å². The molecule has 0 bridgehead atoms. The second kappa shape index (κ2) is 15.9. The molecule has 3 N–H and O–H groups in total. The highest BCUT2D eigenvalue weighted by Crippen LogP contribution is 2.40. The lowest BCUT2D eigenvalue weighted by molar-refractivity contribution is -0.166. The number of likely N-dealkylation sites (tertiary alicyclic amines) is 1. The van der Waals surface area contributed by atoms with Gasteiger partial charge in [-0.1, -0.05) is 38.7 Å². The van der Waals surface area contributed by atoms with Crippen LogP contribution in [0, 0.1) is 5.92 Å². The van der Waals surface area contributed by atoms with Gasteiger partial charge >= 0.3 is 6.18 Å². The minimum absolute atomic E-state index is 0. The van der Waals surface area contributed by atoms with Crippen molar-refractivity contribution in [3.8, 4) is 11.5 Å². The molecule has 0 aromatic heterocycles. The largest absolute Gasteiger partial charge is 0.457 e. The normalized spacial score (nSPS) is 21.0. The van der Waals surface area contributed by atoms with E-state index in [9.17, 15) is 32.7 Å². The van der Waals surface area contributed by atoms with Gasteiger partial charge in [-0.2, -0.15) is 13.2 Å². The summed E-state index contributed by atoms with van der Waals surface area (Å²) in [4.78, 5) is 43.1. The maximum Gasteiger partial charge on any atom is 0.419 e. The fourth-order valence-electron chi connectivity index (χ4n) is 7.23. The van der Waals surface area contributed by atoms with Crippen molar-refractivity contribution in [1.82, 2.24) is 20.4 Å². The molecule has 3 aliphatic rings. The highest BCUT2D eigenvalue weighted by molar-refractivity contribution is 6.00. The quantitative estimate of drug-likeness (QED) is 0.295. The van der Waals surface area contributed by atoms with Crippen molar-refractivity contribution in [3.63, 3.8) is 0 Å². The second-order valence-corrected chi connectivity index (χ2v) is 13.0. The van der Waals surface area contributed by atoms with Gasteiger partial charge in [0.25, 0.3) is 5.91 Å². The molecule has 2 aliphatic heterocycles. The molecule has 5 rings (SSSR count). The molecule has 3 amide bonds. The third-order valence-corrected chi connectivity index (χ3v) is 9.98. The number of nitrogens with one attached hydrogen (secondary N) is 2. The minimum atomic E-state index is -4.67. The number of piperidine rings is 1. The predicted molar refractivity (Wildman–Crippen MR) is 177 cm³/mol. The zero-order valence-corrected chi connectivity index (χ0v) is 28.3. The number of carbonyl (C=O) groups excluding carboxylic acids is 3. The fourth-order valence-corrected chi connectivity index (χ4v) is 7.23. The van der Waals surface area contributed by atoms with E-state index in [0.717, 1.165) is 51.0 Å². The van der Waals surface area contributed by atoms with E-state index in [4.69, 9.17) is 4.74 Å². The van der Waals surface area contributed by atoms with Gasteiger partial charge in [0.2, 0.25) is 11.8 Å². The number of hydrogen-bond donors (Lipinski definition) is 3. The third-order valence-electron chi connectivity index (χ3n) is 9.98. The summed E-state index contributed by atoms with van der Waals surface area (Å²) in [6, 6.07) is 8.85. The lowest BCUT2D eigenvalue weighted by Gasteiger charge is -2.52. The number of unbranched alkanes of at least 4 members (excludes halogenated alkanes) is 1. The number of aliphatic hydroxyl groups is 1. The van der Waals surface area contributed by atoms with E-state index < -0.39 is 29.4 Å². The van der Waals surface area contributed by atoms with Crippen LogP contribution in [0.4, 0.5) is 13.2 Å². The van der Waals surface area contributed by atoms with Crippen LogP contribution < -0.4 is 15.4 Å². The summed E-state index contributed by atoms with van der Waals surface area (Å²) in [7, 11) is 1.49. The van der Waals surface area contributed by atoms with Gasteiger partial charge in [-0.25, -0.2) is 0 Å². The van der Waals surface area contributed by atoms with Gasteiger partial charge < -0.3 is 25.4 Å². The summed E-state index contributed by atoms with van der Waals surface area (Å²) < 4.78 is 48.0. The van der Waals surface area contributed by atoms with Crippen molar-refractivity contribution in [1.29, 1.82) is 0 Å². The van der Waals surface area contributed by atoms with Crippen molar-refractivity contribution >= 4 is 30.1 Å². The second-order valence-electron chi connectivity index (χ2n) is 13.0. The first-order valence-electron chi connectivity index (χ1n) is 16.7. The zero-order valence-electron chi connectivity index (χ0n) is 27.5. The van der Waals surface area contributed by atoms with E-state index in [-0.39, 0.29) is 54.1 Å². The lowest BCUT2D eigenvalue weighted by Crippen LogP contribution is -2.75. The maximum atomic E-state index is 14.1. The number of amides is 3. The van der Waals surface area contributed by atoms with E-state index in [0.29, 0.717) is 43.6 Å². The number of ether oxygens (including phenoxy) is 1. The molecule has 1 spiro atoms. The molecule has 1 aliphatic carbocycles. The number of aliphatic hydroxyl groups excluding tert-OH is 1. The Hall–Kier alpha value is -3.35. The number of hydrogen-bond acceptors (Lipinski definition) is 6. The monoisotopic (exact) mass is 694 g/mol. The molecule has 2 aromatic rings. The Kier molecular flexibility index (Phi) is 12.4. The number of nitrogens with zero attached hydrogens (tertiary/aromatic N) is 2. The summed E-state index contributed by atoms with van der Waals surface area (Å²) in [5, 5.41) is 16.6. The number of rotatable bonds is 10. The van der Waals surface area contributed by atoms with E-state index >= 15 is 0 Å². The van der Waals surface area contributed by atoms with Gasteiger partial charge in [-0.05, 0) is 80.0 Å². The van der Waals surface area contributed by atoms with Crippen molar-refractivity contribution in [2.24, 2.45) is 5.92 Å². The van der Waals surface area contributed by atoms with Crippen molar-refractivity contribution in [2.45, 2.75) is 95.1 Å². The summed E-state index contributed by atoms with van der Waals surface area (Å²) in [6.07, 6.45) is 1.46. The Bertz CT molecular complexity index is 1430. The van der Waals surface area contributed by atoms with E-state index in [1.165, 1.54) is 37.4 Å². The minimum Gasteiger partial charge on any atom is -0.457 e. The van der Waals surface area contributed by atoms with Crippen molar-refractivity contribution in [3.05, 3.63) is 59.2 Å². The molecule has 48 heavy (non-hydrogen) atoms.